The molecule has 0 radical (unpaired) electrons. The fourth-order valence-electron chi connectivity index (χ4n) is 4.22. The number of para-hydroxylation sites is 1. The molecule has 0 bridgehead atoms. The molecule has 36 heavy (non-hydrogen) atoms. The Balaban J connectivity index is 1.38. The number of hydrogen-bond donors (Lipinski definition) is 1. The van der Waals surface area contributed by atoms with Crippen molar-refractivity contribution in [2.45, 2.75) is 43.9 Å². The van der Waals surface area contributed by atoms with Gasteiger partial charge in [-0.2, -0.15) is 18.2 Å². The second-order valence-electron chi connectivity index (χ2n) is 8.95. The van der Waals surface area contributed by atoms with Crippen LogP contribution in [0.15, 0.2) is 100 Å². The Morgan fingerprint density at radius 3 is 2.39 bits per heavy atom. The van der Waals surface area contributed by atoms with E-state index in [0.29, 0.717) is 17.2 Å². The largest absolute Gasteiger partial charge is 0.312 e. The van der Waals surface area contributed by atoms with Gasteiger partial charge >= 0.3 is 10.1 Å². The van der Waals surface area contributed by atoms with E-state index in [1.807, 2.05) is 49.4 Å². The Bertz CT molecular complexity index is 1380. The molecule has 1 unspecified atom stereocenters. The second-order valence-corrected chi connectivity index (χ2v) is 10.5. The maximum atomic E-state index is 12.8. The number of nitrogens with zero attached hydrogens (tertiary/aromatic N) is 1. The van der Waals surface area contributed by atoms with Gasteiger partial charge in [-0.1, -0.05) is 66.2 Å². The highest BCUT2D eigenvalue weighted by molar-refractivity contribution is 7.86. The van der Waals surface area contributed by atoms with E-state index in [0.717, 1.165) is 36.1 Å². The van der Waals surface area contributed by atoms with Gasteiger partial charge in [-0.3, -0.25) is 9.79 Å². The molecule has 1 N–H and O–H groups in total. The minimum absolute atomic E-state index is 0.0391. The standard InChI is InChI=1S/C29H30N2O4S/c1-21-12-14-24(15-13-21)25-16-18-26(19-17-25)36(33,34)35-30-20-29(32)27-10-6-7-11-28(27)31-22(2)23-8-4-3-5-9-23/h3-12,16-19,24,30H,13-15,20H2,1-2H3. The predicted octanol–water partition coefficient (Wildman–Crippen LogP) is 6.13. The highest BCUT2D eigenvalue weighted by atomic mass is 32.2. The van der Waals surface area contributed by atoms with E-state index in [4.69, 9.17) is 4.28 Å². The first-order valence-corrected chi connectivity index (χ1v) is 13.4. The van der Waals surface area contributed by atoms with Crippen LogP contribution >= 0.6 is 0 Å². The normalized spacial score (nSPS) is 16.4. The number of nitrogens with one attached hydrogen (secondary N) is 1. The molecule has 0 aromatic heterocycles. The van der Waals surface area contributed by atoms with Gasteiger partial charge in [0.15, 0.2) is 5.78 Å². The molecule has 1 atom stereocenters. The summed E-state index contributed by atoms with van der Waals surface area (Å²) in [6.07, 6.45) is 5.33. The molecule has 0 spiro atoms. The third-order valence-corrected chi connectivity index (χ3v) is 7.55. The SMILES string of the molecule is CC1=CCC(c2ccc(S(=O)(=O)ONCC(=O)c3ccccc3N=C(C)c3ccccc3)cc2)CC1. The summed E-state index contributed by atoms with van der Waals surface area (Å²) >= 11 is 0. The lowest BCUT2D eigenvalue weighted by molar-refractivity contribution is 0.0937. The summed E-state index contributed by atoms with van der Waals surface area (Å²) in [6.45, 7) is 3.70. The van der Waals surface area contributed by atoms with E-state index in [9.17, 15) is 13.2 Å². The molecule has 7 heteroatoms. The highest BCUT2D eigenvalue weighted by Crippen LogP contribution is 2.32. The molecule has 1 aliphatic carbocycles. The lowest BCUT2D eigenvalue weighted by atomic mass is 9.85. The van der Waals surface area contributed by atoms with Crippen LogP contribution in [0, 0.1) is 0 Å². The van der Waals surface area contributed by atoms with Gasteiger partial charge in [-0.15, -0.1) is 0 Å². The van der Waals surface area contributed by atoms with E-state index in [-0.39, 0.29) is 17.2 Å². The van der Waals surface area contributed by atoms with E-state index in [2.05, 4.69) is 23.5 Å². The molecule has 6 nitrogen and oxygen atoms in total. The van der Waals surface area contributed by atoms with Crippen LogP contribution in [-0.4, -0.2) is 26.5 Å². The van der Waals surface area contributed by atoms with Gasteiger partial charge in [0.2, 0.25) is 0 Å². The summed E-state index contributed by atoms with van der Waals surface area (Å²) in [6, 6.07) is 23.4. The summed E-state index contributed by atoms with van der Waals surface area (Å²) in [5, 5.41) is 0. The Morgan fingerprint density at radius 2 is 1.69 bits per heavy atom. The first-order chi connectivity index (χ1) is 17.3. The second kappa shape index (κ2) is 11.6. The van der Waals surface area contributed by atoms with E-state index in [1.165, 1.54) is 5.57 Å². The van der Waals surface area contributed by atoms with Gasteiger partial charge in [0.25, 0.3) is 0 Å². The fraction of sp³-hybridized carbons (Fsp3) is 0.241. The Kier molecular flexibility index (Phi) is 8.25. The summed E-state index contributed by atoms with van der Waals surface area (Å²) in [5.41, 5.74) is 7.45. The van der Waals surface area contributed by atoms with Crippen molar-refractivity contribution >= 4 is 27.3 Å². The van der Waals surface area contributed by atoms with Gasteiger partial charge in [-0.05, 0) is 74.4 Å². The van der Waals surface area contributed by atoms with E-state index < -0.39 is 10.1 Å². The van der Waals surface area contributed by atoms with E-state index >= 15 is 0 Å². The third kappa shape index (κ3) is 6.43. The van der Waals surface area contributed by atoms with Crippen molar-refractivity contribution in [2.75, 3.05) is 6.54 Å². The molecule has 0 saturated carbocycles. The smallest absolute Gasteiger partial charge is 0.293 e. The number of ketones is 1. The molecule has 0 aliphatic heterocycles. The Hall–Kier alpha value is -3.39. The molecule has 0 saturated heterocycles. The quantitative estimate of drug-likeness (QED) is 0.165. The van der Waals surface area contributed by atoms with Crippen LogP contribution in [0.25, 0.3) is 0 Å². The third-order valence-electron chi connectivity index (χ3n) is 6.36. The van der Waals surface area contributed by atoms with E-state index in [1.54, 1.807) is 36.4 Å². The number of aliphatic imine (C=N–C) groups is 1. The van der Waals surface area contributed by atoms with Crippen molar-refractivity contribution in [3.63, 3.8) is 0 Å². The van der Waals surface area contributed by atoms with Crippen LogP contribution in [0.2, 0.25) is 0 Å². The number of hydrogen-bond acceptors (Lipinski definition) is 6. The molecule has 3 aromatic carbocycles. The van der Waals surface area contributed by atoms with Crippen molar-refractivity contribution in [1.29, 1.82) is 0 Å². The summed E-state index contributed by atoms with van der Waals surface area (Å²) in [5.74, 6) is 0.0665. The van der Waals surface area contributed by atoms with Gasteiger partial charge in [0.1, 0.15) is 0 Å². The first-order valence-electron chi connectivity index (χ1n) is 12.0. The van der Waals surface area contributed by atoms with Crippen molar-refractivity contribution in [1.82, 2.24) is 5.48 Å². The summed E-state index contributed by atoms with van der Waals surface area (Å²) in [4.78, 5) is 17.5. The fourth-order valence-corrected chi connectivity index (χ4v) is 5.00. The average molecular weight is 503 g/mol. The van der Waals surface area contributed by atoms with Gasteiger partial charge in [-0.25, -0.2) is 0 Å². The predicted molar refractivity (Wildman–Crippen MR) is 142 cm³/mol. The van der Waals surface area contributed by atoms with Gasteiger partial charge < -0.3 is 0 Å². The number of Topliss-reactive ketones (excluding diaryl/α,β-unsaturated/α-hetero) is 1. The first kappa shape index (κ1) is 25.7. The Labute approximate surface area is 212 Å². The summed E-state index contributed by atoms with van der Waals surface area (Å²) < 4.78 is 30.2. The van der Waals surface area contributed by atoms with Crippen LogP contribution in [0.3, 0.4) is 0 Å². The molecule has 186 valence electrons. The highest BCUT2D eigenvalue weighted by Gasteiger charge is 2.20. The zero-order valence-electron chi connectivity index (χ0n) is 20.5. The number of benzene rings is 3. The van der Waals surface area contributed by atoms with Crippen LogP contribution in [0.1, 0.15) is 60.5 Å². The summed E-state index contributed by atoms with van der Waals surface area (Å²) in [7, 11) is -4.06. The zero-order valence-corrected chi connectivity index (χ0v) is 21.3. The number of rotatable bonds is 9. The number of carbonyl (C=O) groups is 1. The van der Waals surface area contributed by atoms with Crippen molar-refractivity contribution < 1.29 is 17.5 Å². The molecule has 4 rings (SSSR count). The van der Waals surface area contributed by atoms with Gasteiger partial charge in [0.05, 0.1) is 17.1 Å². The van der Waals surface area contributed by atoms with Gasteiger partial charge in [0, 0.05) is 11.3 Å². The number of carbonyl (C=O) groups excluding carboxylic acids is 1. The molecular formula is C29H30N2O4S. The maximum absolute atomic E-state index is 12.8. The zero-order chi connectivity index (χ0) is 25.5. The lowest BCUT2D eigenvalue weighted by Gasteiger charge is -2.21. The van der Waals surface area contributed by atoms with Crippen molar-refractivity contribution in [3.05, 3.63) is 107 Å². The molecule has 3 aromatic rings. The van der Waals surface area contributed by atoms with Crippen LogP contribution in [0.4, 0.5) is 5.69 Å². The Morgan fingerprint density at radius 1 is 1.00 bits per heavy atom. The topological polar surface area (TPSA) is 84.8 Å². The van der Waals surface area contributed by atoms with Crippen LogP contribution in [0.5, 0.6) is 0 Å². The number of allylic oxidation sites excluding steroid dienone is 2. The van der Waals surface area contributed by atoms with Crippen molar-refractivity contribution in [3.8, 4) is 0 Å². The molecule has 0 heterocycles. The average Bonchev–Trinajstić information content (AvgIpc) is 2.90. The monoisotopic (exact) mass is 502 g/mol. The molecule has 0 amide bonds. The molecular weight excluding hydrogens is 472 g/mol. The maximum Gasteiger partial charge on any atom is 0.312 e. The van der Waals surface area contributed by atoms with Crippen LogP contribution < -0.4 is 5.48 Å². The minimum atomic E-state index is -4.06. The molecule has 1 aliphatic rings. The number of hydroxylamine groups is 1. The molecule has 0 fully saturated rings. The minimum Gasteiger partial charge on any atom is -0.293 e. The lowest BCUT2D eigenvalue weighted by Crippen LogP contribution is -2.26. The van der Waals surface area contributed by atoms with Crippen LogP contribution in [-0.2, 0) is 14.4 Å². The van der Waals surface area contributed by atoms with Crippen molar-refractivity contribution in [2.24, 2.45) is 4.99 Å².